The van der Waals surface area contributed by atoms with Crippen molar-refractivity contribution in [2.24, 2.45) is 0 Å². The number of carbonyl (C=O) groups is 1. The number of hydrogen-bond donors (Lipinski definition) is 0. The number of carbonyl (C=O) groups excluding carboxylic acids is 1. The van der Waals surface area contributed by atoms with Crippen molar-refractivity contribution in [3.05, 3.63) is 59.2 Å². The Kier molecular flexibility index (Phi) is 5.85. The van der Waals surface area contributed by atoms with Crippen molar-refractivity contribution >= 4 is 5.91 Å². The molecule has 0 unspecified atom stereocenters. The Morgan fingerprint density at radius 1 is 1.00 bits per heavy atom. The molecule has 2 aromatic carbocycles. The van der Waals surface area contributed by atoms with Gasteiger partial charge < -0.3 is 14.4 Å². The summed E-state index contributed by atoms with van der Waals surface area (Å²) in [6.07, 6.45) is 0. The Morgan fingerprint density at radius 2 is 1.54 bits per heavy atom. The first kappa shape index (κ1) is 17.9. The van der Waals surface area contributed by atoms with E-state index in [0.717, 1.165) is 5.56 Å². The van der Waals surface area contributed by atoms with E-state index in [9.17, 15) is 4.79 Å². The number of ether oxygens (including phenoxy) is 2. The molecule has 0 spiro atoms. The molecule has 0 fully saturated rings. The zero-order valence-corrected chi connectivity index (χ0v) is 15.0. The van der Waals surface area contributed by atoms with Crippen LogP contribution in [0.15, 0.2) is 42.5 Å². The summed E-state index contributed by atoms with van der Waals surface area (Å²) in [5, 5.41) is 0. The Labute approximate surface area is 144 Å². The second-order valence-electron chi connectivity index (χ2n) is 6.16. The molecule has 0 N–H and O–H groups in total. The molecule has 2 aromatic rings. The van der Waals surface area contributed by atoms with E-state index in [1.165, 1.54) is 5.56 Å². The van der Waals surface area contributed by atoms with Crippen LogP contribution in [0.3, 0.4) is 0 Å². The van der Waals surface area contributed by atoms with Crippen LogP contribution in [-0.2, 0) is 6.54 Å². The first-order chi connectivity index (χ1) is 11.4. The van der Waals surface area contributed by atoms with Gasteiger partial charge in [-0.3, -0.25) is 4.79 Å². The maximum atomic E-state index is 12.7. The zero-order valence-electron chi connectivity index (χ0n) is 15.0. The van der Waals surface area contributed by atoms with Gasteiger partial charge in [-0.2, -0.15) is 0 Å². The molecule has 0 aliphatic rings. The van der Waals surface area contributed by atoms with Crippen LogP contribution in [-0.4, -0.2) is 32.1 Å². The first-order valence-corrected chi connectivity index (χ1v) is 8.02. The Hall–Kier alpha value is -2.49. The van der Waals surface area contributed by atoms with Gasteiger partial charge >= 0.3 is 0 Å². The highest BCUT2D eigenvalue weighted by Crippen LogP contribution is 2.24. The van der Waals surface area contributed by atoms with Crippen LogP contribution in [0, 0.1) is 0 Å². The maximum absolute atomic E-state index is 12.7. The predicted molar refractivity (Wildman–Crippen MR) is 95.9 cm³/mol. The molecule has 4 heteroatoms. The van der Waals surface area contributed by atoms with Crippen LogP contribution >= 0.6 is 0 Å². The molecule has 4 nitrogen and oxygen atoms in total. The molecular weight excluding hydrogens is 302 g/mol. The van der Waals surface area contributed by atoms with E-state index in [-0.39, 0.29) is 5.91 Å². The van der Waals surface area contributed by atoms with E-state index < -0.39 is 0 Å². The monoisotopic (exact) mass is 327 g/mol. The Balaban J connectivity index is 2.14. The maximum Gasteiger partial charge on any atom is 0.254 e. The van der Waals surface area contributed by atoms with Crippen LogP contribution in [0.1, 0.15) is 41.3 Å². The number of amides is 1. The van der Waals surface area contributed by atoms with E-state index in [2.05, 4.69) is 38.1 Å². The van der Waals surface area contributed by atoms with Crippen molar-refractivity contribution in [1.82, 2.24) is 4.90 Å². The number of benzene rings is 2. The minimum absolute atomic E-state index is 0.0693. The van der Waals surface area contributed by atoms with Crippen molar-refractivity contribution in [2.45, 2.75) is 26.3 Å². The molecule has 2 rings (SSSR count). The first-order valence-electron chi connectivity index (χ1n) is 8.02. The van der Waals surface area contributed by atoms with Gasteiger partial charge in [0.1, 0.15) is 11.5 Å². The summed E-state index contributed by atoms with van der Waals surface area (Å²) in [7, 11) is 4.94. The van der Waals surface area contributed by atoms with E-state index in [4.69, 9.17) is 9.47 Å². The average Bonchev–Trinajstić information content (AvgIpc) is 2.60. The van der Waals surface area contributed by atoms with Gasteiger partial charge in [0.05, 0.1) is 14.2 Å². The molecule has 0 saturated carbocycles. The molecule has 24 heavy (non-hydrogen) atoms. The zero-order chi connectivity index (χ0) is 17.7. The lowest BCUT2D eigenvalue weighted by molar-refractivity contribution is 0.0784. The molecule has 0 saturated heterocycles. The molecule has 0 bridgehead atoms. The van der Waals surface area contributed by atoms with E-state index in [0.29, 0.717) is 29.5 Å². The van der Waals surface area contributed by atoms with Gasteiger partial charge in [0.15, 0.2) is 0 Å². The summed E-state index contributed by atoms with van der Waals surface area (Å²) in [4.78, 5) is 14.4. The Morgan fingerprint density at radius 3 is 2.00 bits per heavy atom. The van der Waals surface area contributed by atoms with Gasteiger partial charge in [-0.15, -0.1) is 0 Å². The lowest BCUT2D eigenvalue weighted by Gasteiger charge is -2.18. The fraction of sp³-hybridized carbons (Fsp3) is 0.350. The third-order valence-corrected chi connectivity index (χ3v) is 4.01. The number of hydrogen-bond acceptors (Lipinski definition) is 3. The van der Waals surface area contributed by atoms with Gasteiger partial charge in [-0.25, -0.2) is 0 Å². The Bertz CT molecular complexity index is 670. The van der Waals surface area contributed by atoms with Gasteiger partial charge in [-0.05, 0) is 29.2 Å². The third kappa shape index (κ3) is 4.28. The molecule has 0 aliphatic carbocycles. The topological polar surface area (TPSA) is 38.8 Å². The van der Waals surface area contributed by atoms with Crippen molar-refractivity contribution < 1.29 is 14.3 Å². The van der Waals surface area contributed by atoms with E-state index >= 15 is 0 Å². The van der Waals surface area contributed by atoms with Gasteiger partial charge in [0, 0.05) is 25.2 Å². The van der Waals surface area contributed by atoms with E-state index in [1.807, 2.05) is 0 Å². The minimum atomic E-state index is -0.0693. The van der Waals surface area contributed by atoms with Crippen LogP contribution in [0.25, 0.3) is 0 Å². The summed E-state index contributed by atoms with van der Waals surface area (Å²) < 4.78 is 10.5. The van der Waals surface area contributed by atoms with Crippen molar-refractivity contribution in [1.29, 1.82) is 0 Å². The highest BCUT2D eigenvalue weighted by atomic mass is 16.5. The highest BCUT2D eigenvalue weighted by Gasteiger charge is 2.15. The van der Waals surface area contributed by atoms with Crippen molar-refractivity contribution in [3.8, 4) is 11.5 Å². The smallest absolute Gasteiger partial charge is 0.254 e. The minimum Gasteiger partial charge on any atom is -0.497 e. The third-order valence-electron chi connectivity index (χ3n) is 4.01. The molecular formula is C20H25NO3. The van der Waals surface area contributed by atoms with Crippen LogP contribution < -0.4 is 9.47 Å². The molecule has 0 heterocycles. The van der Waals surface area contributed by atoms with Gasteiger partial charge in [0.25, 0.3) is 5.91 Å². The lowest BCUT2D eigenvalue weighted by Crippen LogP contribution is -2.26. The number of nitrogens with zero attached hydrogens (tertiary/aromatic N) is 1. The summed E-state index contributed by atoms with van der Waals surface area (Å²) in [6.45, 7) is 4.89. The summed E-state index contributed by atoms with van der Waals surface area (Å²) in [5.41, 5.74) is 2.95. The highest BCUT2D eigenvalue weighted by molar-refractivity contribution is 5.94. The second kappa shape index (κ2) is 7.86. The summed E-state index contributed by atoms with van der Waals surface area (Å²) >= 11 is 0. The van der Waals surface area contributed by atoms with Crippen LogP contribution in [0.2, 0.25) is 0 Å². The van der Waals surface area contributed by atoms with Crippen molar-refractivity contribution in [3.63, 3.8) is 0 Å². The fourth-order valence-electron chi connectivity index (χ4n) is 2.50. The lowest BCUT2D eigenvalue weighted by atomic mass is 10.0. The van der Waals surface area contributed by atoms with Crippen LogP contribution in [0.4, 0.5) is 0 Å². The standard InChI is InChI=1S/C20H25NO3/c1-14(2)16-8-6-15(7-9-16)13-21(3)20(22)17-10-18(23-4)12-19(11-17)24-5/h6-12,14H,13H2,1-5H3. The summed E-state index contributed by atoms with van der Waals surface area (Å²) in [5.74, 6) is 1.64. The van der Waals surface area contributed by atoms with Gasteiger partial charge in [-0.1, -0.05) is 38.1 Å². The molecule has 1 amide bonds. The van der Waals surface area contributed by atoms with Gasteiger partial charge in [0.2, 0.25) is 0 Å². The van der Waals surface area contributed by atoms with Crippen LogP contribution in [0.5, 0.6) is 11.5 Å². The summed E-state index contributed by atoms with van der Waals surface area (Å²) in [6, 6.07) is 13.6. The second-order valence-corrected chi connectivity index (χ2v) is 6.16. The quantitative estimate of drug-likeness (QED) is 0.802. The molecule has 0 aromatic heterocycles. The normalized spacial score (nSPS) is 10.6. The molecule has 128 valence electrons. The molecule has 0 aliphatic heterocycles. The largest absolute Gasteiger partial charge is 0.497 e. The number of methoxy groups -OCH3 is 2. The number of rotatable bonds is 6. The van der Waals surface area contributed by atoms with Crippen molar-refractivity contribution in [2.75, 3.05) is 21.3 Å². The van der Waals surface area contributed by atoms with E-state index in [1.54, 1.807) is 44.4 Å². The molecule has 0 radical (unpaired) electrons. The average molecular weight is 327 g/mol. The predicted octanol–water partition coefficient (Wildman–Crippen LogP) is 4.10. The fourth-order valence-corrected chi connectivity index (χ4v) is 2.50. The SMILES string of the molecule is COc1cc(OC)cc(C(=O)N(C)Cc2ccc(C(C)C)cc2)c1. The molecule has 0 atom stereocenters.